The number of rotatable bonds is 13. The Morgan fingerprint density at radius 1 is 0.898 bits per heavy atom. The van der Waals surface area contributed by atoms with E-state index in [0.29, 0.717) is 38.5 Å². The van der Waals surface area contributed by atoms with E-state index in [-0.39, 0.29) is 73.0 Å². The Labute approximate surface area is 350 Å². The molecule has 6 aliphatic rings. The van der Waals surface area contributed by atoms with Crippen molar-refractivity contribution >= 4 is 5.97 Å². The highest BCUT2D eigenvalue weighted by molar-refractivity contribution is 5.76. The number of benzene rings is 1. The number of hydrogen-bond acceptors (Lipinski definition) is 11. The fourth-order valence-electron chi connectivity index (χ4n) is 14.3. The van der Waals surface area contributed by atoms with Crippen LogP contribution >= 0.6 is 0 Å². The summed E-state index contributed by atoms with van der Waals surface area (Å²) in [5.74, 6) is -0.919. The van der Waals surface area contributed by atoms with Crippen LogP contribution in [0.5, 0.6) is 0 Å². The van der Waals surface area contributed by atoms with E-state index in [1.807, 2.05) is 7.05 Å². The Balaban J connectivity index is 1.32. The monoisotopic (exact) mass is 828 g/mol. The number of ether oxygens (including phenoxy) is 3. The van der Waals surface area contributed by atoms with Gasteiger partial charge in [-0.05, 0) is 128 Å². The molecule has 7 rings (SSSR count). The standard InChI is InChI=1S/C47H73NO11/c1-42(26-50)15-17-47(41(55)56)18-16-45(4)31(32(47)21-42)20-30(8-7-19-49)38-43(2)22-34(57-24-29-11-9-28(10-12-29)23-48-6)39(59-40-37(54)36(53)33(52)25-58-40)44(3,27-51)35(43)13-14-46(38,45)5/h9-12,20,30,32-40,48-54H,7-8,13-19,21-27H2,1-6H3,(H,55,56)/t30-,32+,33-,34-,35+,36+,37-,38-,39-,40+,42+,43+,44+,45-,46-,47+/m1/s1. The topological polar surface area (TPSA) is 198 Å². The minimum Gasteiger partial charge on any atom is -0.481 e. The Morgan fingerprint density at radius 2 is 1.59 bits per heavy atom. The van der Waals surface area contributed by atoms with Crippen LogP contribution in [0.15, 0.2) is 35.9 Å². The lowest BCUT2D eigenvalue weighted by Crippen LogP contribution is -2.70. The molecule has 0 aromatic heterocycles. The molecule has 8 N–H and O–H groups in total. The Morgan fingerprint density at radius 3 is 2.24 bits per heavy atom. The number of carboxylic acid groups (broad SMARTS) is 1. The van der Waals surface area contributed by atoms with Crippen molar-refractivity contribution in [1.29, 1.82) is 0 Å². The summed E-state index contributed by atoms with van der Waals surface area (Å²) in [7, 11) is 1.91. The third kappa shape index (κ3) is 7.27. The second-order valence-electron chi connectivity index (χ2n) is 21.0. The first-order valence-corrected chi connectivity index (χ1v) is 22.3. The molecule has 16 atom stereocenters. The van der Waals surface area contributed by atoms with Crippen LogP contribution in [-0.2, 0) is 32.2 Å². The fourth-order valence-corrected chi connectivity index (χ4v) is 14.3. The molecule has 5 aliphatic carbocycles. The number of aliphatic carboxylic acids is 1. The van der Waals surface area contributed by atoms with Gasteiger partial charge in [0.1, 0.15) is 18.3 Å². The number of nitrogens with one attached hydrogen (secondary N) is 1. The molecule has 332 valence electrons. The first-order chi connectivity index (χ1) is 27.9. The largest absolute Gasteiger partial charge is 0.481 e. The van der Waals surface area contributed by atoms with Crippen LogP contribution in [-0.4, -0.2) is 112 Å². The molecule has 0 amide bonds. The van der Waals surface area contributed by atoms with E-state index in [1.165, 1.54) is 5.57 Å². The Hall–Kier alpha value is -1.97. The van der Waals surface area contributed by atoms with Gasteiger partial charge in [-0.25, -0.2) is 0 Å². The van der Waals surface area contributed by atoms with Crippen molar-refractivity contribution in [2.75, 3.05) is 33.5 Å². The zero-order chi connectivity index (χ0) is 42.8. The summed E-state index contributed by atoms with van der Waals surface area (Å²) in [5.41, 5.74) is 0.195. The van der Waals surface area contributed by atoms with E-state index >= 15 is 0 Å². The van der Waals surface area contributed by atoms with Gasteiger partial charge in [0.15, 0.2) is 6.29 Å². The van der Waals surface area contributed by atoms with Crippen molar-refractivity contribution in [3.8, 4) is 0 Å². The highest BCUT2D eigenvalue weighted by Crippen LogP contribution is 2.77. The molecule has 0 spiro atoms. The molecule has 0 bridgehead atoms. The summed E-state index contributed by atoms with van der Waals surface area (Å²) in [6.07, 6.45) is 2.32. The van der Waals surface area contributed by atoms with Gasteiger partial charge in [0, 0.05) is 25.2 Å². The summed E-state index contributed by atoms with van der Waals surface area (Å²) < 4.78 is 19.6. The quantitative estimate of drug-likeness (QED) is 0.102. The second kappa shape index (κ2) is 16.6. The third-order valence-corrected chi connectivity index (χ3v) is 17.7. The van der Waals surface area contributed by atoms with Gasteiger partial charge >= 0.3 is 5.97 Å². The van der Waals surface area contributed by atoms with E-state index in [1.54, 1.807) is 0 Å². The predicted octanol–water partition coefficient (Wildman–Crippen LogP) is 4.56. The first-order valence-electron chi connectivity index (χ1n) is 22.3. The van der Waals surface area contributed by atoms with Crippen LogP contribution in [0.1, 0.15) is 110 Å². The number of hydrogen-bond donors (Lipinski definition) is 8. The van der Waals surface area contributed by atoms with Gasteiger partial charge < -0.3 is 55.3 Å². The molecule has 4 saturated carbocycles. The van der Waals surface area contributed by atoms with Crippen LogP contribution in [0.25, 0.3) is 0 Å². The molecule has 1 saturated heterocycles. The minimum atomic E-state index is -1.51. The smallest absolute Gasteiger partial charge is 0.310 e. The van der Waals surface area contributed by atoms with Crippen molar-refractivity contribution < 1.29 is 54.8 Å². The maximum Gasteiger partial charge on any atom is 0.310 e. The summed E-state index contributed by atoms with van der Waals surface area (Å²) in [4.78, 5) is 13.4. The fraction of sp³-hybridized carbons (Fsp3) is 0.809. The molecule has 1 heterocycles. The lowest BCUT2D eigenvalue weighted by atomic mass is 9.32. The number of carboxylic acids is 1. The van der Waals surface area contributed by atoms with Crippen LogP contribution in [0, 0.1) is 56.2 Å². The SMILES string of the molecule is CNCc1ccc(CO[C@@H]2C[C@@]3(C)[C@H](CC[C@]4(C)[C@@H]3[C@H](CCCO)C=C3[C@@H]5C[C@@](C)(CO)CC[C@]5(C(=O)O)CC[C@]34C)[C@](C)(CO)[C@@H]2O[C@@H]2OC[C@@H](O)[C@H](O)[C@H]2O)cc1. The van der Waals surface area contributed by atoms with Gasteiger partial charge in [-0.1, -0.05) is 70.5 Å². The summed E-state index contributed by atoms with van der Waals surface area (Å²) in [6, 6.07) is 8.25. The summed E-state index contributed by atoms with van der Waals surface area (Å²) in [5, 5.41) is 78.8. The maximum absolute atomic E-state index is 13.4. The summed E-state index contributed by atoms with van der Waals surface area (Å²) >= 11 is 0. The first kappa shape index (κ1) is 45.1. The number of fused-ring (bicyclic) bond motifs is 7. The lowest BCUT2D eigenvalue weighted by molar-refractivity contribution is -0.334. The molecule has 5 fully saturated rings. The van der Waals surface area contributed by atoms with Crippen LogP contribution in [0.2, 0.25) is 0 Å². The Bertz CT molecular complexity index is 1690. The molecule has 12 nitrogen and oxygen atoms in total. The molecule has 1 aromatic rings. The van der Waals surface area contributed by atoms with Crippen LogP contribution in [0.3, 0.4) is 0 Å². The number of carbonyl (C=O) groups is 1. The molecular weight excluding hydrogens is 755 g/mol. The minimum absolute atomic E-state index is 0.0100. The van der Waals surface area contributed by atoms with Crippen LogP contribution in [0.4, 0.5) is 0 Å². The zero-order valence-corrected chi connectivity index (χ0v) is 36.2. The summed E-state index contributed by atoms with van der Waals surface area (Å²) in [6.45, 7) is 12.0. The van der Waals surface area contributed by atoms with E-state index < -0.39 is 59.0 Å². The van der Waals surface area contributed by atoms with Crippen molar-refractivity contribution in [3.63, 3.8) is 0 Å². The van der Waals surface area contributed by atoms with E-state index in [2.05, 4.69) is 70.3 Å². The average molecular weight is 828 g/mol. The van der Waals surface area contributed by atoms with Crippen molar-refractivity contribution in [3.05, 3.63) is 47.0 Å². The molecule has 59 heavy (non-hydrogen) atoms. The molecule has 0 radical (unpaired) electrons. The number of aliphatic hydroxyl groups excluding tert-OH is 6. The molecule has 1 aliphatic heterocycles. The molecular formula is C47H73NO11. The average Bonchev–Trinajstić information content (AvgIpc) is 3.21. The van der Waals surface area contributed by atoms with Gasteiger partial charge in [-0.15, -0.1) is 0 Å². The molecule has 0 unspecified atom stereocenters. The molecule has 1 aromatic carbocycles. The lowest BCUT2D eigenvalue weighted by Gasteiger charge is -2.73. The van der Waals surface area contributed by atoms with Gasteiger partial charge in [-0.3, -0.25) is 4.79 Å². The van der Waals surface area contributed by atoms with Crippen LogP contribution < -0.4 is 5.32 Å². The second-order valence-corrected chi connectivity index (χ2v) is 21.0. The van der Waals surface area contributed by atoms with E-state index in [9.17, 15) is 40.5 Å². The maximum atomic E-state index is 13.4. The van der Waals surface area contributed by atoms with E-state index in [0.717, 1.165) is 43.4 Å². The normalized spacial score (nSPS) is 46.9. The van der Waals surface area contributed by atoms with Gasteiger partial charge in [0.2, 0.25) is 0 Å². The highest BCUT2D eigenvalue weighted by Gasteiger charge is 2.72. The third-order valence-electron chi connectivity index (χ3n) is 17.7. The van der Waals surface area contributed by atoms with Crippen molar-refractivity contribution in [2.24, 2.45) is 56.2 Å². The number of aliphatic hydroxyl groups is 6. The highest BCUT2D eigenvalue weighted by atomic mass is 16.7. The van der Waals surface area contributed by atoms with E-state index in [4.69, 9.17) is 14.2 Å². The van der Waals surface area contributed by atoms with Gasteiger partial charge in [0.25, 0.3) is 0 Å². The predicted molar refractivity (Wildman–Crippen MR) is 220 cm³/mol. The van der Waals surface area contributed by atoms with Gasteiger partial charge in [-0.2, -0.15) is 0 Å². The number of allylic oxidation sites excluding steroid dienone is 2. The van der Waals surface area contributed by atoms with Crippen molar-refractivity contribution in [1.82, 2.24) is 5.32 Å². The van der Waals surface area contributed by atoms with Gasteiger partial charge in [0.05, 0.1) is 37.4 Å². The van der Waals surface area contributed by atoms with Crippen molar-refractivity contribution in [2.45, 2.75) is 149 Å². The molecule has 12 heteroatoms. The zero-order valence-electron chi connectivity index (χ0n) is 36.2. The Kier molecular flexibility index (Phi) is 12.7.